The van der Waals surface area contributed by atoms with Crippen molar-refractivity contribution in [2.75, 3.05) is 12.0 Å². The van der Waals surface area contributed by atoms with Crippen LogP contribution in [0, 0.1) is 0 Å². The smallest absolute Gasteiger partial charge is 0.349 e. The molecule has 0 N–H and O–H groups in total. The fourth-order valence-electron chi connectivity index (χ4n) is 3.43. The predicted octanol–water partition coefficient (Wildman–Crippen LogP) is 3.39. The van der Waals surface area contributed by atoms with Gasteiger partial charge < -0.3 is 14.1 Å². The van der Waals surface area contributed by atoms with Gasteiger partial charge in [-0.15, -0.1) is 0 Å². The molecular formula is C20H17NO4. The van der Waals surface area contributed by atoms with Gasteiger partial charge in [0.25, 0.3) is 5.91 Å². The van der Waals surface area contributed by atoms with Gasteiger partial charge in [-0.05, 0) is 37.1 Å². The standard InChI is InChI=1S/C20H17NO4/c1-12-10-13-6-3-4-8-16(13)21(12)19(22)15-11-14-7-5-9-17(24-2)18(14)25-20(15)23/h3-9,11-12H,10H2,1-2H3. The summed E-state index contributed by atoms with van der Waals surface area (Å²) in [6.07, 6.45) is 0.772. The first-order valence-corrected chi connectivity index (χ1v) is 8.12. The first kappa shape index (κ1) is 15.4. The number of hydrogen-bond acceptors (Lipinski definition) is 4. The van der Waals surface area contributed by atoms with Gasteiger partial charge in [-0.25, -0.2) is 4.79 Å². The minimum Gasteiger partial charge on any atom is -0.493 e. The molecule has 1 atom stereocenters. The Morgan fingerprint density at radius 1 is 1.20 bits per heavy atom. The van der Waals surface area contributed by atoms with Gasteiger partial charge in [-0.2, -0.15) is 0 Å². The van der Waals surface area contributed by atoms with Crippen molar-refractivity contribution < 1.29 is 13.9 Å². The summed E-state index contributed by atoms with van der Waals surface area (Å²) in [5, 5.41) is 0.655. The minimum absolute atomic E-state index is 0.00898. The van der Waals surface area contributed by atoms with Crippen LogP contribution in [0.1, 0.15) is 22.8 Å². The molecule has 1 aromatic heterocycles. The average molecular weight is 335 g/mol. The Kier molecular flexibility index (Phi) is 3.57. The highest BCUT2D eigenvalue weighted by molar-refractivity contribution is 6.08. The van der Waals surface area contributed by atoms with Crippen LogP contribution >= 0.6 is 0 Å². The Balaban J connectivity index is 1.84. The molecule has 0 saturated carbocycles. The molecule has 5 nitrogen and oxygen atoms in total. The van der Waals surface area contributed by atoms with Crippen molar-refractivity contribution in [3.05, 3.63) is 70.1 Å². The number of carbonyl (C=O) groups is 1. The third-order valence-electron chi connectivity index (χ3n) is 4.60. The third kappa shape index (κ3) is 2.39. The minimum atomic E-state index is -0.654. The number of para-hydroxylation sites is 2. The van der Waals surface area contributed by atoms with E-state index in [9.17, 15) is 9.59 Å². The van der Waals surface area contributed by atoms with Gasteiger partial charge in [-0.3, -0.25) is 4.79 Å². The second-order valence-electron chi connectivity index (χ2n) is 6.18. The van der Waals surface area contributed by atoms with Crippen molar-refractivity contribution in [2.24, 2.45) is 0 Å². The number of methoxy groups -OCH3 is 1. The normalized spacial score (nSPS) is 16.1. The molecule has 0 radical (unpaired) electrons. The molecule has 0 saturated heterocycles. The van der Waals surface area contributed by atoms with Crippen molar-refractivity contribution >= 4 is 22.6 Å². The van der Waals surface area contributed by atoms with Gasteiger partial charge in [0.05, 0.1) is 7.11 Å². The van der Waals surface area contributed by atoms with E-state index in [1.807, 2.05) is 31.2 Å². The molecule has 0 bridgehead atoms. The maximum absolute atomic E-state index is 13.1. The quantitative estimate of drug-likeness (QED) is 0.674. The van der Waals surface area contributed by atoms with Crippen molar-refractivity contribution in [2.45, 2.75) is 19.4 Å². The highest BCUT2D eigenvalue weighted by Gasteiger charge is 2.33. The van der Waals surface area contributed by atoms with Crippen LogP contribution < -0.4 is 15.3 Å². The van der Waals surface area contributed by atoms with E-state index in [1.54, 1.807) is 29.2 Å². The van der Waals surface area contributed by atoms with E-state index < -0.39 is 5.63 Å². The van der Waals surface area contributed by atoms with E-state index in [0.29, 0.717) is 16.7 Å². The first-order valence-electron chi connectivity index (χ1n) is 8.12. The molecule has 0 fully saturated rings. The lowest BCUT2D eigenvalue weighted by molar-refractivity contribution is 0.0978. The number of carbonyl (C=O) groups excluding carboxylic acids is 1. The highest BCUT2D eigenvalue weighted by Crippen LogP contribution is 2.33. The molecule has 25 heavy (non-hydrogen) atoms. The number of benzene rings is 2. The van der Waals surface area contributed by atoms with Crippen LogP contribution in [0.25, 0.3) is 11.0 Å². The molecule has 5 heteroatoms. The molecule has 1 aliphatic rings. The monoisotopic (exact) mass is 335 g/mol. The van der Waals surface area contributed by atoms with Gasteiger partial charge in [0.1, 0.15) is 5.56 Å². The zero-order valence-electron chi connectivity index (χ0n) is 14.0. The van der Waals surface area contributed by atoms with Gasteiger partial charge in [0.15, 0.2) is 11.3 Å². The number of nitrogens with zero attached hydrogens (tertiary/aromatic N) is 1. The molecule has 4 rings (SSSR count). The lowest BCUT2D eigenvalue weighted by Gasteiger charge is -2.22. The topological polar surface area (TPSA) is 59.8 Å². The molecule has 0 aliphatic carbocycles. The second kappa shape index (κ2) is 5.77. The number of hydrogen-bond donors (Lipinski definition) is 0. The third-order valence-corrected chi connectivity index (χ3v) is 4.60. The number of rotatable bonds is 2. The van der Waals surface area contributed by atoms with Crippen molar-refractivity contribution in [1.82, 2.24) is 0 Å². The molecule has 126 valence electrons. The summed E-state index contributed by atoms with van der Waals surface area (Å²) in [4.78, 5) is 27.2. The van der Waals surface area contributed by atoms with Crippen LogP contribution in [-0.2, 0) is 6.42 Å². The summed E-state index contributed by atoms with van der Waals surface area (Å²) in [6, 6.07) is 14.6. The summed E-state index contributed by atoms with van der Waals surface area (Å²) in [7, 11) is 1.51. The summed E-state index contributed by atoms with van der Waals surface area (Å²) >= 11 is 0. The highest BCUT2D eigenvalue weighted by atomic mass is 16.5. The fraction of sp³-hybridized carbons (Fsp3) is 0.200. The Hall–Kier alpha value is -3.08. The maximum Gasteiger partial charge on any atom is 0.349 e. The van der Waals surface area contributed by atoms with Gasteiger partial charge in [0, 0.05) is 17.1 Å². The lowest BCUT2D eigenvalue weighted by Crippen LogP contribution is -2.38. The fourth-order valence-corrected chi connectivity index (χ4v) is 3.43. The molecule has 0 spiro atoms. The predicted molar refractivity (Wildman–Crippen MR) is 95.5 cm³/mol. The molecule has 1 amide bonds. The Morgan fingerprint density at radius 2 is 2.00 bits per heavy atom. The van der Waals surface area contributed by atoms with Crippen LogP contribution in [0.3, 0.4) is 0 Å². The Bertz CT molecular complexity index is 1040. The van der Waals surface area contributed by atoms with Gasteiger partial charge >= 0.3 is 5.63 Å². The Labute approximate surface area is 144 Å². The van der Waals surface area contributed by atoms with Crippen molar-refractivity contribution in [3.63, 3.8) is 0 Å². The number of anilines is 1. The first-order chi connectivity index (χ1) is 12.1. The van der Waals surface area contributed by atoms with Crippen LogP contribution in [0.15, 0.2) is 57.7 Å². The molecule has 1 aliphatic heterocycles. The lowest BCUT2D eigenvalue weighted by atomic mass is 10.1. The van der Waals surface area contributed by atoms with Crippen LogP contribution in [-0.4, -0.2) is 19.1 Å². The average Bonchev–Trinajstić information content (AvgIpc) is 2.95. The van der Waals surface area contributed by atoms with Gasteiger partial charge in [0.2, 0.25) is 0 Å². The summed E-state index contributed by atoms with van der Waals surface area (Å²) in [5.74, 6) is 0.129. The maximum atomic E-state index is 13.1. The summed E-state index contributed by atoms with van der Waals surface area (Å²) in [6.45, 7) is 1.98. The summed E-state index contributed by atoms with van der Waals surface area (Å²) in [5.41, 5.74) is 1.68. The van der Waals surface area contributed by atoms with E-state index in [-0.39, 0.29) is 17.5 Å². The zero-order valence-corrected chi connectivity index (χ0v) is 14.0. The largest absolute Gasteiger partial charge is 0.493 e. The van der Waals surface area contributed by atoms with E-state index in [0.717, 1.165) is 17.7 Å². The van der Waals surface area contributed by atoms with Gasteiger partial charge in [-0.1, -0.05) is 30.3 Å². The number of fused-ring (bicyclic) bond motifs is 2. The van der Waals surface area contributed by atoms with Crippen LogP contribution in [0.4, 0.5) is 5.69 Å². The summed E-state index contributed by atoms with van der Waals surface area (Å²) < 4.78 is 10.6. The second-order valence-corrected chi connectivity index (χ2v) is 6.18. The van der Waals surface area contributed by atoms with E-state index in [2.05, 4.69) is 0 Å². The SMILES string of the molecule is COc1cccc2cc(C(=O)N3c4ccccc4CC3C)c(=O)oc12. The Morgan fingerprint density at radius 3 is 2.80 bits per heavy atom. The van der Waals surface area contributed by atoms with Crippen molar-refractivity contribution in [3.8, 4) is 5.75 Å². The molecule has 3 aromatic rings. The molecule has 2 aromatic carbocycles. The molecule has 1 unspecified atom stereocenters. The van der Waals surface area contributed by atoms with Crippen LogP contribution in [0.2, 0.25) is 0 Å². The zero-order chi connectivity index (χ0) is 17.6. The number of amides is 1. The van der Waals surface area contributed by atoms with E-state index >= 15 is 0 Å². The number of ether oxygens (including phenoxy) is 1. The van der Waals surface area contributed by atoms with Crippen LogP contribution in [0.5, 0.6) is 5.75 Å². The molecule has 2 heterocycles. The molecular weight excluding hydrogens is 318 g/mol. The van der Waals surface area contributed by atoms with E-state index in [1.165, 1.54) is 7.11 Å². The van der Waals surface area contributed by atoms with E-state index in [4.69, 9.17) is 9.15 Å². The van der Waals surface area contributed by atoms with Crippen molar-refractivity contribution in [1.29, 1.82) is 0 Å².